The molecule has 5 aromatic carbocycles. The minimum Gasteiger partial charge on any atom is -0.309 e. The summed E-state index contributed by atoms with van der Waals surface area (Å²) in [6, 6.07) is 38.7. The maximum absolute atomic E-state index is 15.7. The SMILES string of the molecule is CC1(C)c2cc(C#N)ccc2-c2ccc(P(=O)(c3ccccc3)c3ccc4c(c3)C(C)(C)c3cc(C#N)ccc3-4)cc21. The Kier molecular flexibility index (Phi) is 5.56. The third-order valence-electron chi connectivity index (χ3n) is 9.42. The summed E-state index contributed by atoms with van der Waals surface area (Å²) in [5, 5.41) is 21.5. The number of rotatable bonds is 3. The molecule has 7 rings (SSSR count). The quantitative estimate of drug-likeness (QED) is 0.213. The first-order valence-electron chi connectivity index (χ1n) is 14.2. The van der Waals surface area contributed by atoms with Crippen LogP contribution in [-0.2, 0) is 15.4 Å². The van der Waals surface area contributed by atoms with E-state index in [1.54, 1.807) is 0 Å². The van der Waals surface area contributed by atoms with E-state index in [0.717, 1.165) is 60.4 Å². The van der Waals surface area contributed by atoms with Crippen LogP contribution in [0.3, 0.4) is 0 Å². The van der Waals surface area contributed by atoms with Gasteiger partial charge in [0.1, 0.15) is 0 Å². The van der Waals surface area contributed by atoms with Gasteiger partial charge in [-0.25, -0.2) is 0 Å². The van der Waals surface area contributed by atoms with Crippen molar-refractivity contribution in [1.82, 2.24) is 0 Å². The zero-order valence-corrected chi connectivity index (χ0v) is 25.0. The molecule has 2 aliphatic rings. The molecule has 202 valence electrons. The van der Waals surface area contributed by atoms with Gasteiger partial charge in [0.15, 0.2) is 7.14 Å². The van der Waals surface area contributed by atoms with Gasteiger partial charge < -0.3 is 4.57 Å². The molecule has 0 heterocycles. The van der Waals surface area contributed by atoms with Gasteiger partial charge in [0.25, 0.3) is 0 Å². The van der Waals surface area contributed by atoms with E-state index in [2.05, 4.69) is 64.1 Å². The van der Waals surface area contributed by atoms with E-state index in [4.69, 9.17) is 0 Å². The van der Waals surface area contributed by atoms with Crippen LogP contribution >= 0.6 is 7.14 Å². The molecule has 0 aliphatic heterocycles. The van der Waals surface area contributed by atoms with Crippen molar-refractivity contribution >= 4 is 23.1 Å². The van der Waals surface area contributed by atoms with E-state index >= 15 is 4.57 Å². The van der Waals surface area contributed by atoms with Gasteiger partial charge in [-0.2, -0.15) is 10.5 Å². The molecule has 0 amide bonds. The molecule has 0 aromatic heterocycles. The van der Waals surface area contributed by atoms with Crippen LogP contribution in [0.15, 0.2) is 103 Å². The molecule has 0 saturated carbocycles. The lowest BCUT2D eigenvalue weighted by atomic mass is 9.82. The number of nitrogens with zero attached hydrogens (tertiary/aromatic N) is 2. The van der Waals surface area contributed by atoms with Gasteiger partial charge in [-0.3, -0.25) is 0 Å². The van der Waals surface area contributed by atoms with Gasteiger partial charge in [0, 0.05) is 26.7 Å². The van der Waals surface area contributed by atoms with E-state index < -0.39 is 7.14 Å². The van der Waals surface area contributed by atoms with Gasteiger partial charge in [-0.15, -0.1) is 0 Å². The zero-order valence-electron chi connectivity index (χ0n) is 24.1. The van der Waals surface area contributed by atoms with E-state index in [9.17, 15) is 10.5 Å². The third kappa shape index (κ3) is 3.48. The summed E-state index contributed by atoms with van der Waals surface area (Å²) in [5.41, 5.74) is 9.62. The molecule has 0 saturated heterocycles. The minimum atomic E-state index is -3.28. The summed E-state index contributed by atoms with van der Waals surface area (Å²) in [7, 11) is -3.28. The maximum Gasteiger partial charge on any atom is 0.171 e. The number of nitriles is 2. The second kappa shape index (κ2) is 8.90. The molecule has 0 unspecified atom stereocenters. The highest BCUT2D eigenvalue weighted by atomic mass is 31.2. The Morgan fingerprint density at radius 3 is 1.29 bits per heavy atom. The maximum atomic E-state index is 15.7. The lowest BCUT2D eigenvalue weighted by molar-refractivity contribution is 0.592. The highest BCUT2D eigenvalue weighted by molar-refractivity contribution is 7.85. The van der Waals surface area contributed by atoms with Gasteiger partial charge in [0.2, 0.25) is 0 Å². The number of benzene rings is 5. The summed E-state index contributed by atoms with van der Waals surface area (Å²) in [5.74, 6) is 0. The van der Waals surface area contributed by atoms with E-state index in [1.165, 1.54) is 0 Å². The Morgan fingerprint density at radius 2 is 0.881 bits per heavy atom. The average molecular weight is 561 g/mol. The highest BCUT2D eigenvalue weighted by Gasteiger charge is 2.41. The molecule has 0 fully saturated rings. The standard InChI is InChI=1S/C38H29N2OP/c1-37(2)33-18-24(22-39)10-14-29(33)31-16-12-27(20-35(31)37)42(41,26-8-6-5-7-9-26)28-13-17-32-30-15-11-25(23-40)19-34(30)38(3,4)36(32)21-28/h5-21H,1-4H3. The molecule has 0 N–H and O–H groups in total. The molecule has 2 aliphatic carbocycles. The Labute approximate surface area is 247 Å². The Morgan fingerprint density at radius 1 is 0.500 bits per heavy atom. The molecule has 3 nitrogen and oxygen atoms in total. The van der Waals surface area contributed by atoms with Crippen LogP contribution in [-0.4, -0.2) is 0 Å². The van der Waals surface area contributed by atoms with Crippen LogP contribution in [0.4, 0.5) is 0 Å². The van der Waals surface area contributed by atoms with Gasteiger partial charge in [-0.05, 0) is 80.9 Å². The lowest BCUT2D eigenvalue weighted by Crippen LogP contribution is -2.27. The molecule has 0 bridgehead atoms. The number of hydrogen-bond donors (Lipinski definition) is 0. The van der Waals surface area contributed by atoms with E-state index in [-0.39, 0.29) is 10.8 Å². The summed E-state index contributed by atoms with van der Waals surface area (Å²) < 4.78 is 15.7. The minimum absolute atomic E-state index is 0.338. The zero-order chi connectivity index (χ0) is 29.4. The van der Waals surface area contributed by atoms with Crippen molar-refractivity contribution in [2.75, 3.05) is 0 Å². The first kappa shape index (κ1) is 26.2. The molecule has 0 atom stereocenters. The molecular formula is C38H29N2OP. The van der Waals surface area contributed by atoms with E-state index in [1.807, 2.05) is 78.9 Å². The fourth-order valence-corrected chi connectivity index (χ4v) is 9.74. The van der Waals surface area contributed by atoms with Crippen LogP contribution in [0.1, 0.15) is 61.1 Å². The third-order valence-corrected chi connectivity index (χ3v) is 12.5. The van der Waals surface area contributed by atoms with Crippen molar-refractivity contribution < 1.29 is 4.57 Å². The Balaban J connectivity index is 1.44. The summed E-state index contributed by atoms with van der Waals surface area (Å²) in [4.78, 5) is 0. The van der Waals surface area contributed by atoms with Gasteiger partial charge >= 0.3 is 0 Å². The molecule has 5 aromatic rings. The Hall–Kier alpha value is -4.69. The van der Waals surface area contributed by atoms with Crippen molar-refractivity contribution in [3.63, 3.8) is 0 Å². The van der Waals surface area contributed by atoms with Crippen molar-refractivity contribution in [2.45, 2.75) is 38.5 Å². The second-order valence-electron chi connectivity index (χ2n) is 12.4. The van der Waals surface area contributed by atoms with Crippen LogP contribution in [0.2, 0.25) is 0 Å². The fraction of sp³-hybridized carbons (Fsp3) is 0.158. The van der Waals surface area contributed by atoms with Gasteiger partial charge in [-0.1, -0.05) is 94.4 Å². The largest absolute Gasteiger partial charge is 0.309 e. The molecular weight excluding hydrogens is 531 g/mol. The van der Waals surface area contributed by atoms with Crippen molar-refractivity contribution in [3.8, 4) is 34.4 Å². The summed E-state index contributed by atoms with van der Waals surface area (Å²) >= 11 is 0. The molecule has 0 radical (unpaired) electrons. The molecule has 0 spiro atoms. The summed E-state index contributed by atoms with van der Waals surface area (Å²) in [6.45, 7) is 8.72. The monoisotopic (exact) mass is 560 g/mol. The van der Waals surface area contributed by atoms with Crippen LogP contribution < -0.4 is 15.9 Å². The van der Waals surface area contributed by atoms with Gasteiger partial charge in [0.05, 0.1) is 23.3 Å². The average Bonchev–Trinajstić information content (AvgIpc) is 3.39. The Bertz CT molecular complexity index is 1960. The normalized spacial score (nSPS) is 15.1. The lowest BCUT2D eigenvalue weighted by Gasteiger charge is -2.26. The highest BCUT2D eigenvalue weighted by Crippen LogP contribution is 2.53. The first-order chi connectivity index (χ1) is 20.1. The van der Waals surface area contributed by atoms with Crippen LogP contribution in [0.25, 0.3) is 22.3 Å². The topological polar surface area (TPSA) is 64.7 Å². The smallest absolute Gasteiger partial charge is 0.171 e. The van der Waals surface area contributed by atoms with Crippen LogP contribution in [0, 0.1) is 22.7 Å². The number of hydrogen-bond acceptors (Lipinski definition) is 3. The van der Waals surface area contributed by atoms with Crippen molar-refractivity contribution in [1.29, 1.82) is 10.5 Å². The van der Waals surface area contributed by atoms with Crippen molar-refractivity contribution in [3.05, 3.63) is 137 Å². The molecule has 42 heavy (non-hydrogen) atoms. The van der Waals surface area contributed by atoms with Crippen LogP contribution in [0.5, 0.6) is 0 Å². The fourth-order valence-electron chi connectivity index (χ4n) is 7.07. The first-order valence-corrected chi connectivity index (χ1v) is 15.9. The predicted octanol–water partition coefficient (Wildman–Crippen LogP) is 7.68. The molecule has 4 heteroatoms. The van der Waals surface area contributed by atoms with E-state index in [0.29, 0.717) is 11.1 Å². The summed E-state index contributed by atoms with van der Waals surface area (Å²) in [6.07, 6.45) is 0. The second-order valence-corrected chi connectivity index (χ2v) is 15.2. The number of fused-ring (bicyclic) bond motifs is 6. The predicted molar refractivity (Wildman–Crippen MR) is 170 cm³/mol. The van der Waals surface area contributed by atoms with Crippen molar-refractivity contribution in [2.24, 2.45) is 0 Å².